The molecule has 2 amide bonds. The summed E-state index contributed by atoms with van der Waals surface area (Å²) in [6, 6.07) is 2.12. The third kappa shape index (κ3) is 3.90. The van der Waals surface area contributed by atoms with Crippen LogP contribution < -0.4 is 11.1 Å². The van der Waals surface area contributed by atoms with Crippen molar-refractivity contribution in [3.05, 3.63) is 12.3 Å². The number of carbonyl (C=O) groups excluding carboxylic acids is 2. The Bertz CT molecular complexity index is 557. The lowest BCUT2D eigenvalue weighted by Crippen LogP contribution is -2.40. The van der Waals surface area contributed by atoms with Gasteiger partial charge in [-0.25, -0.2) is 4.68 Å². The van der Waals surface area contributed by atoms with E-state index in [1.165, 1.54) is 0 Å². The SMILES string of the molecule is NC(=O)CN1CCC(n2nccc2NC(=O)C2CCCC2)CC1. The number of amides is 2. The van der Waals surface area contributed by atoms with E-state index >= 15 is 0 Å². The molecule has 7 nitrogen and oxygen atoms in total. The topological polar surface area (TPSA) is 93.2 Å². The van der Waals surface area contributed by atoms with Gasteiger partial charge in [-0.1, -0.05) is 12.8 Å². The summed E-state index contributed by atoms with van der Waals surface area (Å²) >= 11 is 0. The van der Waals surface area contributed by atoms with E-state index in [1.807, 2.05) is 10.7 Å². The standard InChI is InChI=1S/C16H25N5O2/c17-14(22)11-20-9-6-13(7-10-20)21-15(5-8-18-21)19-16(23)12-3-1-2-4-12/h5,8,12-13H,1-4,6-7,9-11H2,(H2,17,22)(H,19,23). The smallest absolute Gasteiger partial charge is 0.231 e. The number of carbonyl (C=O) groups is 2. The van der Waals surface area contributed by atoms with Gasteiger partial charge in [0.2, 0.25) is 11.8 Å². The predicted molar refractivity (Wildman–Crippen MR) is 86.7 cm³/mol. The lowest BCUT2D eigenvalue weighted by Gasteiger charge is -2.31. The number of nitrogens with two attached hydrogens (primary N) is 1. The Morgan fingerprint density at radius 2 is 1.91 bits per heavy atom. The first-order valence-corrected chi connectivity index (χ1v) is 8.48. The van der Waals surface area contributed by atoms with Gasteiger partial charge >= 0.3 is 0 Å². The molecular formula is C16H25N5O2. The summed E-state index contributed by atoms with van der Waals surface area (Å²) in [4.78, 5) is 25.4. The van der Waals surface area contributed by atoms with Gasteiger partial charge in [0.1, 0.15) is 5.82 Å². The Hall–Kier alpha value is -1.89. The lowest BCUT2D eigenvalue weighted by molar-refractivity contribution is -0.120. The first kappa shape index (κ1) is 16.0. The molecule has 0 atom stereocenters. The summed E-state index contributed by atoms with van der Waals surface area (Å²) in [7, 11) is 0. The first-order valence-electron chi connectivity index (χ1n) is 8.48. The maximum absolute atomic E-state index is 12.3. The average Bonchev–Trinajstić information content (AvgIpc) is 3.18. The van der Waals surface area contributed by atoms with Crippen LogP contribution >= 0.6 is 0 Å². The fraction of sp³-hybridized carbons (Fsp3) is 0.688. The van der Waals surface area contributed by atoms with Crippen molar-refractivity contribution in [3.63, 3.8) is 0 Å². The molecule has 23 heavy (non-hydrogen) atoms. The molecule has 1 aromatic rings. The average molecular weight is 319 g/mol. The van der Waals surface area contributed by atoms with E-state index in [-0.39, 0.29) is 23.8 Å². The van der Waals surface area contributed by atoms with Crippen LogP contribution in [0.25, 0.3) is 0 Å². The lowest BCUT2D eigenvalue weighted by atomic mass is 10.1. The van der Waals surface area contributed by atoms with Crippen LogP contribution in [-0.2, 0) is 9.59 Å². The van der Waals surface area contributed by atoms with E-state index in [0.717, 1.165) is 57.4 Å². The Labute approximate surface area is 136 Å². The van der Waals surface area contributed by atoms with Crippen molar-refractivity contribution < 1.29 is 9.59 Å². The van der Waals surface area contributed by atoms with Crippen LogP contribution in [-0.4, -0.2) is 46.1 Å². The van der Waals surface area contributed by atoms with Crippen molar-refractivity contribution in [2.45, 2.75) is 44.6 Å². The van der Waals surface area contributed by atoms with Gasteiger partial charge in [-0.2, -0.15) is 5.10 Å². The molecule has 1 saturated carbocycles. The summed E-state index contributed by atoms with van der Waals surface area (Å²) in [5.74, 6) is 0.772. The fourth-order valence-electron chi connectivity index (χ4n) is 3.66. The number of hydrogen-bond acceptors (Lipinski definition) is 4. The monoisotopic (exact) mass is 319 g/mol. The molecule has 1 aromatic heterocycles. The van der Waals surface area contributed by atoms with Crippen molar-refractivity contribution >= 4 is 17.6 Å². The van der Waals surface area contributed by atoms with Gasteiger partial charge < -0.3 is 11.1 Å². The molecule has 2 aliphatic rings. The first-order chi connectivity index (χ1) is 11.1. The number of aromatic nitrogens is 2. The summed E-state index contributed by atoms with van der Waals surface area (Å²) < 4.78 is 1.93. The number of likely N-dealkylation sites (tertiary alicyclic amines) is 1. The van der Waals surface area contributed by atoms with Gasteiger partial charge in [0.25, 0.3) is 0 Å². The van der Waals surface area contributed by atoms with Gasteiger partial charge in [-0.05, 0) is 25.7 Å². The molecular weight excluding hydrogens is 294 g/mol. The second-order valence-corrected chi connectivity index (χ2v) is 6.61. The number of anilines is 1. The normalized spacial score (nSPS) is 20.7. The van der Waals surface area contributed by atoms with E-state index in [2.05, 4.69) is 15.3 Å². The second kappa shape index (κ2) is 7.12. The third-order valence-electron chi connectivity index (χ3n) is 4.93. The Kier molecular flexibility index (Phi) is 4.95. The van der Waals surface area contributed by atoms with E-state index in [1.54, 1.807) is 6.20 Å². The predicted octanol–water partition coefficient (Wildman–Crippen LogP) is 1.13. The van der Waals surface area contributed by atoms with Crippen molar-refractivity contribution in [2.75, 3.05) is 25.0 Å². The summed E-state index contributed by atoms with van der Waals surface area (Å²) in [6.07, 6.45) is 7.82. The zero-order chi connectivity index (χ0) is 16.2. The molecule has 0 bridgehead atoms. The van der Waals surface area contributed by atoms with Crippen LogP contribution in [0.1, 0.15) is 44.6 Å². The zero-order valence-electron chi connectivity index (χ0n) is 13.4. The Morgan fingerprint density at radius 1 is 1.22 bits per heavy atom. The highest BCUT2D eigenvalue weighted by Crippen LogP contribution is 2.28. The van der Waals surface area contributed by atoms with E-state index < -0.39 is 0 Å². The van der Waals surface area contributed by atoms with Crippen LogP contribution in [0.4, 0.5) is 5.82 Å². The molecule has 126 valence electrons. The Morgan fingerprint density at radius 3 is 2.57 bits per heavy atom. The maximum atomic E-state index is 12.3. The van der Waals surface area contributed by atoms with Crippen molar-refractivity contribution in [2.24, 2.45) is 11.7 Å². The van der Waals surface area contributed by atoms with Crippen LogP contribution in [0, 0.1) is 5.92 Å². The van der Waals surface area contributed by atoms with Crippen LogP contribution in [0.15, 0.2) is 12.3 Å². The van der Waals surface area contributed by atoms with Gasteiger partial charge in [-0.3, -0.25) is 14.5 Å². The highest BCUT2D eigenvalue weighted by Gasteiger charge is 2.26. The quantitative estimate of drug-likeness (QED) is 0.851. The van der Waals surface area contributed by atoms with Crippen LogP contribution in [0.2, 0.25) is 0 Å². The van der Waals surface area contributed by atoms with Gasteiger partial charge in [0.15, 0.2) is 0 Å². The molecule has 3 rings (SSSR count). The molecule has 1 saturated heterocycles. The van der Waals surface area contributed by atoms with Gasteiger partial charge in [0, 0.05) is 25.1 Å². The molecule has 0 unspecified atom stereocenters. The minimum absolute atomic E-state index is 0.121. The molecule has 2 heterocycles. The molecule has 0 aromatic carbocycles. The minimum Gasteiger partial charge on any atom is -0.369 e. The largest absolute Gasteiger partial charge is 0.369 e. The number of hydrogen-bond donors (Lipinski definition) is 2. The highest BCUT2D eigenvalue weighted by atomic mass is 16.2. The van der Waals surface area contributed by atoms with Crippen molar-refractivity contribution in [1.82, 2.24) is 14.7 Å². The molecule has 0 radical (unpaired) electrons. The number of nitrogens with zero attached hydrogens (tertiary/aromatic N) is 3. The van der Waals surface area contributed by atoms with Crippen LogP contribution in [0.5, 0.6) is 0 Å². The molecule has 2 fully saturated rings. The molecule has 1 aliphatic carbocycles. The highest BCUT2D eigenvalue weighted by molar-refractivity contribution is 5.91. The third-order valence-corrected chi connectivity index (χ3v) is 4.93. The molecule has 1 aliphatic heterocycles. The van der Waals surface area contributed by atoms with Crippen LogP contribution in [0.3, 0.4) is 0 Å². The summed E-state index contributed by atoms with van der Waals surface area (Å²) in [6.45, 7) is 1.96. The van der Waals surface area contributed by atoms with Crippen molar-refractivity contribution in [1.29, 1.82) is 0 Å². The number of nitrogens with one attached hydrogen (secondary N) is 1. The minimum atomic E-state index is -0.285. The Balaban J connectivity index is 1.58. The van der Waals surface area contributed by atoms with Gasteiger partial charge in [0.05, 0.1) is 18.8 Å². The number of primary amides is 1. The van der Waals surface area contributed by atoms with E-state index in [0.29, 0.717) is 6.54 Å². The van der Waals surface area contributed by atoms with Gasteiger partial charge in [-0.15, -0.1) is 0 Å². The zero-order valence-corrected chi connectivity index (χ0v) is 13.4. The summed E-state index contributed by atoms with van der Waals surface area (Å²) in [5, 5.41) is 7.44. The number of rotatable bonds is 5. The molecule has 0 spiro atoms. The fourth-order valence-corrected chi connectivity index (χ4v) is 3.66. The number of piperidine rings is 1. The summed E-state index contributed by atoms with van der Waals surface area (Å²) in [5.41, 5.74) is 5.25. The van der Waals surface area contributed by atoms with E-state index in [9.17, 15) is 9.59 Å². The maximum Gasteiger partial charge on any atom is 0.231 e. The molecule has 7 heteroatoms. The molecule has 3 N–H and O–H groups in total. The second-order valence-electron chi connectivity index (χ2n) is 6.61. The van der Waals surface area contributed by atoms with E-state index in [4.69, 9.17) is 5.73 Å². The van der Waals surface area contributed by atoms with Crippen molar-refractivity contribution in [3.8, 4) is 0 Å².